The molecule has 19 heavy (non-hydrogen) atoms. The second-order valence-electron chi connectivity index (χ2n) is 4.31. The fraction of sp³-hybridized carbons (Fsp3) is 0.571. The third-order valence-corrected chi connectivity index (χ3v) is 4.14. The summed E-state index contributed by atoms with van der Waals surface area (Å²) in [5.41, 5.74) is 2.18. The van der Waals surface area contributed by atoms with Gasteiger partial charge in [-0.25, -0.2) is 0 Å². The molecule has 1 N–H and O–H groups in total. The Labute approximate surface area is 118 Å². The fourth-order valence-electron chi connectivity index (χ4n) is 1.87. The second kappa shape index (κ2) is 9.07. The summed E-state index contributed by atoms with van der Waals surface area (Å²) in [6.07, 6.45) is 0.821. The minimum Gasteiger partial charge on any atom is -0.496 e. The van der Waals surface area contributed by atoms with Crippen molar-refractivity contribution in [3.8, 4) is 5.75 Å². The summed E-state index contributed by atoms with van der Waals surface area (Å²) in [5.74, 6) is 2.00. The van der Waals surface area contributed by atoms with Crippen molar-refractivity contribution in [1.82, 2.24) is 5.32 Å². The van der Waals surface area contributed by atoms with Gasteiger partial charge in [0.2, 0.25) is 0 Å². The molecular formula is C14H23NO3S. The van der Waals surface area contributed by atoms with E-state index in [9.17, 15) is 4.21 Å². The molecule has 0 fully saturated rings. The summed E-state index contributed by atoms with van der Waals surface area (Å²) in [6.45, 7) is 1.45. The van der Waals surface area contributed by atoms with E-state index in [4.69, 9.17) is 9.47 Å². The van der Waals surface area contributed by atoms with Gasteiger partial charge in [-0.2, -0.15) is 0 Å². The summed E-state index contributed by atoms with van der Waals surface area (Å²) >= 11 is 0. The van der Waals surface area contributed by atoms with Gasteiger partial charge >= 0.3 is 0 Å². The minimum atomic E-state index is -0.877. The van der Waals surface area contributed by atoms with Crippen LogP contribution in [0.1, 0.15) is 17.5 Å². The molecule has 4 nitrogen and oxygen atoms in total. The molecule has 0 bridgehead atoms. The van der Waals surface area contributed by atoms with Crippen LogP contribution in [0.5, 0.6) is 5.75 Å². The van der Waals surface area contributed by atoms with E-state index in [-0.39, 0.29) is 0 Å². The van der Waals surface area contributed by atoms with E-state index in [1.165, 1.54) is 5.56 Å². The second-order valence-corrected chi connectivity index (χ2v) is 5.89. The predicted octanol–water partition coefficient (Wildman–Crippen LogP) is 1.70. The summed E-state index contributed by atoms with van der Waals surface area (Å²) < 4.78 is 22.3. The number of hydrogen-bond acceptors (Lipinski definition) is 4. The van der Waals surface area contributed by atoms with Gasteiger partial charge in [0.1, 0.15) is 5.75 Å². The Hall–Kier alpha value is -0.910. The van der Waals surface area contributed by atoms with E-state index in [2.05, 4.69) is 11.4 Å². The van der Waals surface area contributed by atoms with Gasteiger partial charge in [0.15, 0.2) is 0 Å². The normalized spacial score (nSPS) is 12.4. The molecule has 0 radical (unpaired) electrons. The molecule has 0 aromatic heterocycles. The van der Waals surface area contributed by atoms with Gasteiger partial charge in [-0.05, 0) is 31.2 Å². The Kier molecular flexibility index (Phi) is 7.70. The van der Waals surface area contributed by atoms with E-state index in [1.54, 1.807) is 14.2 Å². The number of rotatable bonds is 9. The largest absolute Gasteiger partial charge is 0.496 e. The van der Waals surface area contributed by atoms with Crippen LogP contribution in [0.15, 0.2) is 18.2 Å². The number of benzene rings is 1. The first-order valence-corrected chi connectivity index (χ1v) is 7.84. The van der Waals surface area contributed by atoms with Crippen molar-refractivity contribution in [3.05, 3.63) is 29.3 Å². The number of methoxy groups -OCH3 is 2. The Bertz CT molecular complexity index is 410. The topological polar surface area (TPSA) is 47.6 Å². The van der Waals surface area contributed by atoms with E-state index >= 15 is 0 Å². The van der Waals surface area contributed by atoms with Crippen LogP contribution in [-0.4, -0.2) is 37.8 Å². The number of hydrogen-bond donors (Lipinski definition) is 1. The SMILES string of the molecule is CNCc1ccc(OC)c(CS(=O)CCCOC)c1. The fourth-order valence-corrected chi connectivity index (χ4v) is 3.03. The zero-order valence-electron chi connectivity index (χ0n) is 11.9. The smallest absolute Gasteiger partial charge is 0.123 e. The number of nitrogens with one attached hydrogen (secondary N) is 1. The average molecular weight is 285 g/mol. The van der Waals surface area contributed by atoms with Gasteiger partial charge in [0.05, 0.1) is 12.9 Å². The lowest BCUT2D eigenvalue weighted by molar-refractivity contribution is 0.200. The lowest BCUT2D eigenvalue weighted by atomic mass is 10.1. The number of ether oxygens (including phenoxy) is 2. The van der Waals surface area contributed by atoms with Crippen molar-refractivity contribution >= 4 is 10.8 Å². The van der Waals surface area contributed by atoms with Crippen molar-refractivity contribution in [3.63, 3.8) is 0 Å². The lowest BCUT2D eigenvalue weighted by Gasteiger charge is -2.11. The van der Waals surface area contributed by atoms with Gasteiger partial charge < -0.3 is 14.8 Å². The summed E-state index contributed by atoms with van der Waals surface area (Å²) in [6, 6.07) is 6.02. The maximum Gasteiger partial charge on any atom is 0.123 e. The molecule has 108 valence electrons. The van der Waals surface area contributed by atoms with Crippen molar-refractivity contribution < 1.29 is 13.7 Å². The van der Waals surface area contributed by atoms with E-state index in [0.717, 1.165) is 24.3 Å². The highest BCUT2D eigenvalue weighted by molar-refractivity contribution is 7.84. The predicted molar refractivity (Wildman–Crippen MR) is 79.0 cm³/mol. The van der Waals surface area contributed by atoms with E-state index < -0.39 is 10.8 Å². The van der Waals surface area contributed by atoms with Crippen molar-refractivity contribution in [1.29, 1.82) is 0 Å². The summed E-state index contributed by atoms with van der Waals surface area (Å²) in [7, 11) is 4.34. The van der Waals surface area contributed by atoms with Crippen LogP contribution in [0.2, 0.25) is 0 Å². The van der Waals surface area contributed by atoms with Crippen LogP contribution >= 0.6 is 0 Å². The minimum absolute atomic E-state index is 0.532. The zero-order chi connectivity index (χ0) is 14.1. The van der Waals surface area contributed by atoms with Crippen LogP contribution in [0.4, 0.5) is 0 Å². The highest BCUT2D eigenvalue weighted by Crippen LogP contribution is 2.21. The van der Waals surface area contributed by atoms with Gasteiger partial charge in [0, 0.05) is 42.4 Å². The van der Waals surface area contributed by atoms with E-state index in [1.807, 2.05) is 19.2 Å². The molecule has 0 aliphatic heterocycles. The Morgan fingerprint density at radius 3 is 2.74 bits per heavy atom. The van der Waals surface area contributed by atoms with E-state index in [0.29, 0.717) is 18.1 Å². The highest BCUT2D eigenvalue weighted by Gasteiger charge is 2.08. The molecule has 0 aliphatic rings. The first-order valence-electron chi connectivity index (χ1n) is 6.35. The Morgan fingerprint density at radius 2 is 2.11 bits per heavy atom. The zero-order valence-corrected chi connectivity index (χ0v) is 12.7. The molecule has 1 aromatic carbocycles. The molecule has 0 aliphatic carbocycles. The molecule has 1 unspecified atom stereocenters. The summed E-state index contributed by atoms with van der Waals surface area (Å²) in [4.78, 5) is 0. The quantitative estimate of drug-likeness (QED) is 0.702. The molecular weight excluding hydrogens is 262 g/mol. The third-order valence-electron chi connectivity index (χ3n) is 2.76. The Balaban J connectivity index is 2.68. The molecule has 0 heterocycles. The van der Waals surface area contributed by atoms with Gasteiger partial charge in [-0.15, -0.1) is 0 Å². The first kappa shape index (κ1) is 16.1. The molecule has 5 heteroatoms. The van der Waals surface area contributed by atoms with Gasteiger partial charge in [-0.3, -0.25) is 4.21 Å². The molecule has 0 saturated carbocycles. The van der Waals surface area contributed by atoms with Crippen LogP contribution in [0.3, 0.4) is 0 Å². The summed E-state index contributed by atoms with van der Waals surface area (Å²) in [5, 5.41) is 3.11. The highest BCUT2D eigenvalue weighted by atomic mass is 32.2. The van der Waals surface area contributed by atoms with Crippen LogP contribution in [-0.2, 0) is 27.8 Å². The van der Waals surface area contributed by atoms with Gasteiger partial charge in [-0.1, -0.05) is 6.07 Å². The van der Waals surface area contributed by atoms with Crippen molar-refractivity contribution in [2.24, 2.45) is 0 Å². The average Bonchev–Trinajstić information content (AvgIpc) is 2.40. The molecule has 1 rings (SSSR count). The molecule has 1 aromatic rings. The monoisotopic (exact) mass is 285 g/mol. The maximum atomic E-state index is 12.0. The molecule has 0 saturated heterocycles. The van der Waals surface area contributed by atoms with Crippen LogP contribution in [0, 0.1) is 0 Å². The first-order chi connectivity index (χ1) is 9.21. The molecule has 0 spiro atoms. The van der Waals surface area contributed by atoms with Crippen molar-refractivity contribution in [2.45, 2.75) is 18.7 Å². The third kappa shape index (κ3) is 5.72. The molecule has 0 amide bonds. The van der Waals surface area contributed by atoms with Gasteiger partial charge in [0.25, 0.3) is 0 Å². The maximum absolute atomic E-state index is 12.0. The van der Waals surface area contributed by atoms with Crippen LogP contribution in [0.25, 0.3) is 0 Å². The molecule has 1 atom stereocenters. The lowest BCUT2D eigenvalue weighted by Crippen LogP contribution is -2.08. The van der Waals surface area contributed by atoms with Crippen LogP contribution < -0.4 is 10.1 Å². The van der Waals surface area contributed by atoms with Crippen molar-refractivity contribution in [2.75, 3.05) is 33.6 Å². The Morgan fingerprint density at radius 1 is 1.32 bits per heavy atom. The standard InChI is InChI=1S/C14H23NO3S/c1-15-10-12-5-6-14(18-3)13(9-12)11-19(16)8-4-7-17-2/h5-6,9,15H,4,7-8,10-11H2,1-3H3.